The van der Waals surface area contributed by atoms with Crippen molar-refractivity contribution >= 4 is 29.5 Å². The lowest BCUT2D eigenvalue weighted by atomic mass is 9.96. The van der Waals surface area contributed by atoms with E-state index in [-0.39, 0.29) is 18.0 Å². The first-order valence-electron chi connectivity index (χ1n) is 11.4. The van der Waals surface area contributed by atoms with Crippen LogP contribution in [0, 0.1) is 11.7 Å². The van der Waals surface area contributed by atoms with E-state index in [4.69, 9.17) is 4.74 Å². The van der Waals surface area contributed by atoms with Crippen LogP contribution in [0.5, 0.6) is 0 Å². The lowest BCUT2D eigenvalue weighted by molar-refractivity contribution is -0.142. The molecule has 3 saturated heterocycles. The molecule has 1 aromatic carbocycles. The number of benzene rings is 1. The number of hydrogen-bond acceptors (Lipinski definition) is 5. The van der Waals surface area contributed by atoms with Crippen molar-refractivity contribution in [2.24, 2.45) is 5.92 Å². The Morgan fingerprint density at radius 1 is 1.03 bits per heavy atom. The Bertz CT molecular complexity index is 941. The number of carboxylic acid groups (broad SMARTS) is 1. The number of halogens is 1. The number of carbonyl (C=O) groups is 3. The highest BCUT2D eigenvalue weighted by atomic mass is 19.1. The van der Waals surface area contributed by atoms with Crippen molar-refractivity contribution in [2.45, 2.75) is 45.3 Å². The molecule has 0 radical (unpaired) electrons. The number of piperazine rings is 1. The topological polar surface area (TPSA) is 93.6 Å². The zero-order valence-corrected chi connectivity index (χ0v) is 19.3. The van der Waals surface area contributed by atoms with E-state index in [0.29, 0.717) is 63.5 Å². The van der Waals surface area contributed by atoms with Crippen molar-refractivity contribution in [1.29, 1.82) is 0 Å². The molecule has 1 unspecified atom stereocenters. The van der Waals surface area contributed by atoms with Crippen LogP contribution in [-0.4, -0.2) is 83.9 Å². The zero-order chi connectivity index (χ0) is 23.9. The van der Waals surface area contributed by atoms with E-state index in [1.807, 2.05) is 25.7 Å². The van der Waals surface area contributed by atoms with Crippen LogP contribution < -0.4 is 9.80 Å². The van der Waals surface area contributed by atoms with Crippen molar-refractivity contribution in [3.8, 4) is 0 Å². The Morgan fingerprint density at radius 2 is 1.70 bits per heavy atom. The Balaban J connectivity index is 1.46. The molecule has 0 bridgehead atoms. The molecule has 3 aliphatic heterocycles. The number of carbonyl (C=O) groups excluding carboxylic acids is 2. The number of urea groups is 1. The maximum Gasteiger partial charge on any atom is 0.410 e. The van der Waals surface area contributed by atoms with Gasteiger partial charge in [-0.05, 0) is 51.8 Å². The van der Waals surface area contributed by atoms with Gasteiger partial charge < -0.3 is 24.5 Å². The van der Waals surface area contributed by atoms with Crippen molar-refractivity contribution in [3.05, 3.63) is 24.0 Å². The van der Waals surface area contributed by atoms with Gasteiger partial charge in [-0.2, -0.15) is 0 Å². The van der Waals surface area contributed by atoms with E-state index in [1.54, 1.807) is 20.8 Å². The van der Waals surface area contributed by atoms with Crippen molar-refractivity contribution in [3.63, 3.8) is 0 Å². The fraction of sp³-hybridized carbons (Fsp3) is 0.609. The highest BCUT2D eigenvalue weighted by Gasteiger charge is 2.43. The summed E-state index contributed by atoms with van der Waals surface area (Å²) in [6, 6.07) is 4.14. The number of piperidine rings is 1. The van der Waals surface area contributed by atoms with Gasteiger partial charge in [0.25, 0.3) is 0 Å². The summed E-state index contributed by atoms with van der Waals surface area (Å²) in [5.41, 5.74) is 0.512. The third-order valence-electron chi connectivity index (χ3n) is 6.39. The van der Waals surface area contributed by atoms with Gasteiger partial charge in [-0.25, -0.2) is 14.0 Å². The molecule has 1 aromatic rings. The van der Waals surface area contributed by atoms with Crippen LogP contribution in [0.3, 0.4) is 0 Å². The maximum atomic E-state index is 14.5. The van der Waals surface area contributed by atoms with Crippen LogP contribution in [-0.2, 0) is 9.53 Å². The molecule has 4 rings (SSSR count). The highest BCUT2D eigenvalue weighted by Crippen LogP contribution is 2.32. The second-order valence-corrected chi connectivity index (χ2v) is 9.93. The Labute approximate surface area is 192 Å². The van der Waals surface area contributed by atoms with Gasteiger partial charge in [-0.15, -0.1) is 0 Å². The monoisotopic (exact) mass is 462 g/mol. The van der Waals surface area contributed by atoms with Crippen molar-refractivity contribution in [1.82, 2.24) is 9.80 Å². The first-order valence-corrected chi connectivity index (χ1v) is 11.4. The first kappa shape index (κ1) is 23.1. The predicted octanol–water partition coefficient (Wildman–Crippen LogP) is 2.99. The molecule has 1 N–H and O–H groups in total. The molecule has 9 nitrogen and oxygen atoms in total. The number of aliphatic carboxylic acids is 1. The van der Waals surface area contributed by atoms with Crippen molar-refractivity contribution < 1.29 is 28.6 Å². The van der Waals surface area contributed by atoms with Gasteiger partial charge in [-0.1, -0.05) is 0 Å². The normalized spacial score (nSPS) is 21.9. The number of amides is 3. The SMILES string of the molecule is CC(C)(C)OC(=O)N1CCN2C(=O)N(c3cc(F)cc(N4CCC(C(=O)O)CC4)c3)CC2C1. The van der Waals surface area contributed by atoms with E-state index in [9.17, 15) is 23.9 Å². The number of ether oxygens (including phenoxy) is 1. The molecule has 3 amide bonds. The van der Waals surface area contributed by atoms with E-state index in [2.05, 4.69) is 0 Å². The molecular weight excluding hydrogens is 431 g/mol. The quantitative estimate of drug-likeness (QED) is 0.742. The Kier molecular flexibility index (Phi) is 6.11. The Hall–Kier alpha value is -3.04. The van der Waals surface area contributed by atoms with E-state index < -0.39 is 23.5 Å². The van der Waals surface area contributed by atoms with Crippen LogP contribution in [0.2, 0.25) is 0 Å². The Morgan fingerprint density at radius 3 is 2.33 bits per heavy atom. The van der Waals surface area contributed by atoms with E-state index in [0.717, 1.165) is 0 Å². The number of carboxylic acids is 1. The molecule has 0 saturated carbocycles. The van der Waals surface area contributed by atoms with Crippen LogP contribution >= 0.6 is 0 Å². The fourth-order valence-electron chi connectivity index (χ4n) is 4.70. The lowest BCUT2D eigenvalue weighted by Gasteiger charge is -2.36. The average molecular weight is 463 g/mol. The number of rotatable bonds is 3. The third-order valence-corrected chi connectivity index (χ3v) is 6.39. The van der Waals surface area contributed by atoms with Gasteiger partial charge in [0.1, 0.15) is 11.4 Å². The number of nitrogens with zero attached hydrogens (tertiary/aromatic N) is 4. The van der Waals surface area contributed by atoms with Gasteiger partial charge in [-0.3, -0.25) is 9.69 Å². The summed E-state index contributed by atoms with van der Waals surface area (Å²) < 4.78 is 20.0. The van der Waals surface area contributed by atoms with E-state index in [1.165, 1.54) is 12.1 Å². The molecule has 0 aliphatic carbocycles. The predicted molar refractivity (Wildman–Crippen MR) is 120 cm³/mol. The highest BCUT2D eigenvalue weighted by molar-refractivity contribution is 5.95. The molecule has 33 heavy (non-hydrogen) atoms. The zero-order valence-electron chi connectivity index (χ0n) is 19.3. The van der Waals surface area contributed by atoms with Gasteiger partial charge in [0.15, 0.2) is 0 Å². The summed E-state index contributed by atoms with van der Waals surface area (Å²) in [6.07, 6.45) is 0.603. The summed E-state index contributed by atoms with van der Waals surface area (Å²) in [6.45, 7) is 7.97. The van der Waals surface area contributed by atoms with Gasteiger partial charge in [0.2, 0.25) is 0 Å². The average Bonchev–Trinajstić information content (AvgIpc) is 3.08. The van der Waals surface area contributed by atoms with Crippen LogP contribution in [0.1, 0.15) is 33.6 Å². The van der Waals surface area contributed by atoms with Gasteiger partial charge in [0.05, 0.1) is 17.6 Å². The number of hydrogen-bond donors (Lipinski definition) is 1. The molecule has 180 valence electrons. The molecular formula is C23H31FN4O5. The third kappa shape index (κ3) is 4.99. The summed E-state index contributed by atoms with van der Waals surface area (Å²) in [5.74, 6) is -1.62. The van der Waals surface area contributed by atoms with Crippen LogP contribution in [0.4, 0.5) is 25.4 Å². The van der Waals surface area contributed by atoms with Crippen molar-refractivity contribution in [2.75, 3.05) is 49.1 Å². The summed E-state index contributed by atoms with van der Waals surface area (Å²) in [7, 11) is 0. The number of anilines is 2. The fourth-order valence-corrected chi connectivity index (χ4v) is 4.70. The molecule has 0 spiro atoms. The minimum atomic E-state index is -0.797. The summed E-state index contributed by atoms with van der Waals surface area (Å²) in [4.78, 5) is 43.6. The van der Waals surface area contributed by atoms with Gasteiger partial charge in [0, 0.05) is 45.0 Å². The molecule has 0 aromatic heterocycles. The van der Waals surface area contributed by atoms with Crippen LogP contribution in [0.15, 0.2) is 18.2 Å². The molecule has 3 fully saturated rings. The molecule has 3 heterocycles. The maximum absolute atomic E-state index is 14.5. The van der Waals surface area contributed by atoms with Crippen LogP contribution in [0.25, 0.3) is 0 Å². The smallest absolute Gasteiger partial charge is 0.410 e. The minimum absolute atomic E-state index is 0.197. The summed E-state index contributed by atoms with van der Waals surface area (Å²) >= 11 is 0. The second kappa shape index (κ2) is 8.72. The first-order chi connectivity index (χ1) is 15.5. The molecule has 10 heteroatoms. The molecule has 1 atom stereocenters. The summed E-state index contributed by atoms with van der Waals surface area (Å²) in [5, 5.41) is 9.21. The van der Waals surface area contributed by atoms with Gasteiger partial charge >= 0.3 is 18.1 Å². The standard InChI is InChI=1S/C23H31FN4O5/c1-23(2,3)33-22(32)26-8-9-27-19(13-26)14-28(21(27)31)18-11-16(24)10-17(12-18)25-6-4-15(5-7-25)20(29)30/h10-12,15,19H,4-9,13-14H2,1-3H3,(H,29,30). The minimum Gasteiger partial charge on any atom is -0.481 e. The second-order valence-electron chi connectivity index (χ2n) is 9.93. The lowest BCUT2D eigenvalue weighted by Crippen LogP contribution is -2.54. The molecule has 3 aliphatic rings. The number of fused-ring (bicyclic) bond motifs is 1. The largest absolute Gasteiger partial charge is 0.481 e. The van der Waals surface area contributed by atoms with E-state index >= 15 is 0 Å².